The van der Waals surface area contributed by atoms with Crippen molar-refractivity contribution in [3.63, 3.8) is 0 Å². The molecule has 0 aromatic heterocycles. The number of hydrogen-bond acceptors (Lipinski definition) is 8. The molecule has 1 heterocycles. The summed E-state index contributed by atoms with van der Waals surface area (Å²) in [5.41, 5.74) is 0. The molecule has 0 radical (unpaired) electrons. The zero-order valence-corrected chi connectivity index (χ0v) is 17.7. The summed E-state index contributed by atoms with van der Waals surface area (Å²) in [6, 6.07) is 0.243. The van der Waals surface area contributed by atoms with Gasteiger partial charge in [0.25, 0.3) is 0 Å². The molecule has 31 heavy (non-hydrogen) atoms. The van der Waals surface area contributed by atoms with Crippen molar-refractivity contribution in [2.24, 2.45) is 0 Å². The number of nitrogens with zero attached hydrogens (tertiary/aromatic N) is 4. The van der Waals surface area contributed by atoms with E-state index in [1.54, 1.807) is 14.7 Å². The largest absolute Gasteiger partial charge is 0.480 e. The number of carboxylic acid groups (broad SMARTS) is 3. The van der Waals surface area contributed by atoms with Crippen molar-refractivity contribution in [1.82, 2.24) is 24.9 Å². The Labute approximate surface area is 181 Å². The molecule has 176 valence electrons. The molecule has 1 aliphatic carbocycles. The third-order valence-corrected chi connectivity index (χ3v) is 5.32. The monoisotopic (exact) mass is 443 g/mol. The van der Waals surface area contributed by atoms with Gasteiger partial charge in [-0.25, -0.2) is 0 Å². The molecule has 12 heteroatoms. The highest BCUT2D eigenvalue weighted by atomic mass is 16.4. The molecule has 0 spiro atoms. The van der Waals surface area contributed by atoms with Gasteiger partial charge in [0.05, 0.1) is 26.2 Å². The van der Waals surface area contributed by atoms with E-state index in [1.165, 1.54) is 0 Å². The summed E-state index contributed by atoms with van der Waals surface area (Å²) in [6.45, 7) is 2.76. The van der Waals surface area contributed by atoms with E-state index in [-0.39, 0.29) is 38.1 Å². The van der Waals surface area contributed by atoms with Gasteiger partial charge in [0, 0.05) is 58.4 Å². The minimum Gasteiger partial charge on any atom is -0.480 e. The third-order valence-electron chi connectivity index (χ3n) is 5.32. The Balaban J connectivity index is 2.06. The first-order chi connectivity index (χ1) is 14.7. The number of carboxylic acids is 3. The number of carbonyl (C=O) groups excluding carboxylic acids is 1. The van der Waals surface area contributed by atoms with Crippen LogP contribution in [0.3, 0.4) is 0 Å². The van der Waals surface area contributed by atoms with E-state index in [1.807, 2.05) is 4.90 Å². The van der Waals surface area contributed by atoms with Gasteiger partial charge in [-0.05, 0) is 12.8 Å². The summed E-state index contributed by atoms with van der Waals surface area (Å²) in [5, 5.41) is 30.5. The van der Waals surface area contributed by atoms with E-state index in [0.29, 0.717) is 52.4 Å². The number of amides is 1. The minimum atomic E-state index is -0.991. The molecule has 12 nitrogen and oxygen atoms in total. The van der Waals surface area contributed by atoms with Crippen LogP contribution in [0.25, 0.3) is 0 Å². The lowest BCUT2D eigenvalue weighted by Crippen LogP contribution is -2.50. The van der Waals surface area contributed by atoms with E-state index in [4.69, 9.17) is 5.11 Å². The fourth-order valence-corrected chi connectivity index (χ4v) is 3.49. The first-order valence-corrected chi connectivity index (χ1v) is 10.6. The van der Waals surface area contributed by atoms with Crippen LogP contribution in [0.5, 0.6) is 0 Å². The molecule has 1 aliphatic heterocycles. The van der Waals surface area contributed by atoms with Crippen molar-refractivity contribution in [3.05, 3.63) is 0 Å². The van der Waals surface area contributed by atoms with Crippen LogP contribution in [0, 0.1) is 0 Å². The average Bonchev–Trinajstić information content (AvgIpc) is 3.46. The van der Waals surface area contributed by atoms with Crippen LogP contribution in [-0.2, 0) is 19.2 Å². The van der Waals surface area contributed by atoms with Gasteiger partial charge in [-0.15, -0.1) is 0 Å². The lowest BCUT2D eigenvalue weighted by molar-refractivity contribution is -0.140. The number of hydrogen-bond donors (Lipinski definition) is 4. The van der Waals surface area contributed by atoms with Gasteiger partial charge in [0.15, 0.2) is 0 Å². The second-order valence-electron chi connectivity index (χ2n) is 8.13. The fourth-order valence-electron chi connectivity index (χ4n) is 3.49. The van der Waals surface area contributed by atoms with Crippen LogP contribution >= 0.6 is 0 Å². The van der Waals surface area contributed by atoms with Gasteiger partial charge in [-0.1, -0.05) is 0 Å². The van der Waals surface area contributed by atoms with Crippen molar-refractivity contribution in [2.45, 2.75) is 18.9 Å². The van der Waals surface area contributed by atoms with Crippen LogP contribution < -0.4 is 5.32 Å². The van der Waals surface area contributed by atoms with Crippen molar-refractivity contribution >= 4 is 23.8 Å². The Hall–Kier alpha value is -2.28. The van der Waals surface area contributed by atoms with Crippen LogP contribution in [0.15, 0.2) is 0 Å². The highest BCUT2D eigenvalue weighted by Crippen LogP contribution is 2.18. The summed E-state index contributed by atoms with van der Waals surface area (Å²) < 4.78 is 0. The first kappa shape index (κ1) is 25.0. The first-order valence-electron chi connectivity index (χ1n) is 10.6. The molecule has 1 amide bonds. The smallest absolute Gasteiger partial charge is 0.317 e. The second kappa shape index (κ2) is 12.5. The quantitative estimate of drug-likeness (QED) is 0.305. The fraction of sp³-hybridized carbons (Fsp3) is 0.789. The van der Waals surface area contributed by atoms with Crippen molar-refractivity contribution in [3.8, 4) is 0 Å². The van der Waals surface area contributed by atoms with Crippen LogP contribution in [-0.4, -0.2) is 143 Å². The van der Waals surface area contributed by atoms with Gasteiger partial charge in [-0.2, -0.15) is 0 Å². The SMILES string of the molecule is O=C(O)CN1CCN(CC(=O)O)CCN(CC(=O)NC2CC2)CCN(CC(=O)O)CC1. The Morgan fingerprint density at radius 1 is 0.581 bits per heavy atom. The third kappa shape index (κ3) is 11.1. The maximum absolute atomic E-state index is 12.3. The maximum atomic E-state index is 12.3. The molecule has 2 aliphatic rings. The Bertz CT molecular complexity index is 611. The predicted molar refractivity (Wildman–Crippen MR) is 110 cm³/mol. The molecule has 0 atom stereocenters. The minimum absolute atomic E-state index is 0.0863. The van der Waals surface area contributed by atoms with Crippen LogP contribution in [0.2, 0.25) is 0 Å². The molecule has 1 saturated carbocycles. The molecule has 0 unspecified atom stereocenters. The molecule has 0 bridgehead atoms. The van der Waals surface area contributed by atoms with E-state index >= 15 is 0 Å². The normalized spacial score (nSPS) is 21.0. The molecular formula is C19H33N5O7. The van der Waals surface area contributed by atoms with Crippen molar-refractivity contribution < 1.29 is 34.5 Å². The number of aliphatic carboxylic acids is 3. The van der Waals surface area contributed by atoms with Crippen LogP contribution in [0.4, 0.5) is 0 Å². The number of nitrogens with one attached hydrogen (secondary N) is 1. The Morgan fingerprint density at radius 2 is 0.871 bits per heavy atom. The average molecular weight is 444 g/mol. The van der Waals surface area contributed by atoms with E-state index in [2.05, 4.69) is 5.32 Å². The second-order valence-corrected chi connectivity index (χ2v) is 8.13. The molecule has 2 fully saturated rings. The van der Waals surface area contributed by atoms with E-state index in [0.717, 1.165) is 12.8 Å². The maximum Gasteiger partial charge on any atom is 0.317 e. The molecule has 2 rings (SSSR count). The molecule has 1 saturated heterocycles. The summed E-state index contributed by atoms with van der Waals surface area (Å²) in [7, 11) is 0. The van der Waals surface area contributed by atoms with Gasteiger partial charge in [-0.3, -0.25) is 38.8 Å². The van der Waals surface area contributed by atoms with Crippen LogP contribution in [0.1, 0.15) is 12.8 Å². The predicted octanol–water partition coefficient (Wildman–Crippen LogP) is -2.26. The molecule has 0 aromatic rings. The highest BCUT2D eigenvalue weighted by Gasteiger charge is 2.25. The topological polar surface area (TPSA) is 154 Å². The summed E-state index contributed by atoms with van der Waals surface area (Å²) in [5.74, 6) is -3.02. The van der Waals surface area contributed by atoms with Gasteiger partial charge < -0.3 is 20.6 Å². The summed E-state index contributed by atoms with van der Waals surface area (Å²) in [4.78, 5) is 53.0. The summed E-state index contributed by atoms with van der Waals surface area (Å²) in [6.07, 6.45) is 1.97. The number of rotatable bonds is 9. The van der Waals surface area contributed by atoms with Gasteiger partial charge in [0.1, 0.15) is 0 Å². The zero-order valence-electron chi connectivity index (χ0n) is 17.7. The van der Waals surface area contributed by atoms with E-state index < -0.39 is 17.9 Å². The standard InChI is InChI=1S/C19H33N5O7/c25-16(20-15-1-2-15)11-21-3-5-22(12-17(26)27)7-9-24(14-19(30)31)10-8-23(6-4-21)13-18(28)29/h15H,1-14H2,(H,20,25)(H,26,27)(H,28,29)(H,30,31). The summed E-state index contributed by atoms with van der Waals surface area (Å²) >= 11 is 0. The Morgan fingerprint density at radius 3 is 1.13 bits per heavy atom. The number of carbonyl (C=O) groups is 4. The van der Waals surface area contributed by atoms with Crippen molar-refractivity contribution in [1.29, 1.82) is 0 Å². The van der Waals surface area contributed by atoms with Gasteiger partial charge >= 0.3 is 17.9 Å². The highest BCUT2D eigenvalue weighted by molar-refractivity contribution is 5.78. The lowest BCUT2D eigenvalue weighted by atomic mass is 10.3. The van der Waals surface area contributed by atoms with Crippen molar-refractivity contribution in [2.75, 3.05) is 78.5 Å². The van der Waals surface area contributed by atoms with Gasteiger partial charge in [0.2, 0.25) is 5.91 Å². The Kier molecular flexibility index (Phi) is 10.1. The molecule has 4 N–H and O–H groups in total. The molecular weight excluding hydrogens is 410 g/mol. The van der Waals surface area contributed by atoms with E-state index in [9.17, 15) is 29.4 Å². The molecule has 0 aromatic carbocycles. The zero-order chi connectivity index (χ0) is 22.8. The lowest BCUT2D eigenvalue weighted by Gasteiger charge is -2.32.